The van der Waals surface area contributed by atoms with Crippen LogP contribution < -0.4 is 0 Å². The van der Waals surface area contributed by atoms with Crippen LogP contribution in [0.25, 0.3) is 0 Å². The fraction of sp³-hybridized carbons (Fsp3) is 0.933. The van der Waals surface area contributed by atoms with E-state index in [-0.39, 0.29) is 5.91 Å². The molecule has 0 N–H and O–H groups in total. The summed E-state index contributed by atoms with van der Waals surface area (Å²) in [6.07, 6.45) is 3.09. The Morgan fingerprint density at radius 3 is 2.28 bits per heavy atom. The van der Waals surface area contributed by atoms with E-state index in [1.165, 1.54) is 32.5 Å². The Morgan fingerprint density at radius 1 is 1.28 bits per heavy atom. The highest BCUT2D eigenvalue weighted by molar-refractivity contribution is 5.75. The van der Waals surface area contributed by atoms with Gasteiger partial charge in [0.1, 0.15) is 0 Å². The molecule has 3 nitrogen and oxygen atoms in total. The van der Waals surface area contributed by atoms with Crippen molar-refractivity contribution in [1.82, 2.24) is 9.80 Å². The largest absolute Gasteiger partial charge is 0.345 e. The number of likely N-dealkylation sites (tertiary alicyclic amines) is 1. The molecule has 0 aliphatic carbocycles. The Bertz CT molecular complexity index is 262. The smallest absolute Gasteiger partial charge is 0.222 e. The Labute approximate surface area is 113 Å². The zero-order chi connectivity index (χ0) is 13.8. The van der Waals surface area contributed by atoms with E-state index in [1.54, 1.807) is 0 Å². The Balaban J connectivity index is 2.29. The summed E-state index contributed by atoms with van der Waals surface area (Å²) in [5.74, 6) is 0.967. The molecule has 1 aliphatic rings. The molecular formula is C15H30N2O. The lowest BCUT2D eigenvalue weighted by molar-refractivity contribution is -0.130. The minimum atomic E-state index is 0.270. The van der Waals surface area contributed by atoms with E-state index in [4.69, 9.17) is 0 Å². The molecule has 1 heterocycles. The molecule has 0 aromatic carbocycles. The molecule has 18 heavy (non-hydrogen) atoms. The van der Waals surface area contributed by atoms with Gasteiger partial charge in [-0.1, -0.05) is 27.7 Å². The summed E-state index contributed by atoms with van der Waals surface area (Å²) < 4.78 is 0. The maximum absolute atomic E-state index is 11.6. The molecule has 1 saturated heterocycles. The minimum Gasteiger partial charge on any atom is -0.345 e. The van der Waals surface area contributed by atoms with Crippen LogP contribution in [-0.2, 0) is 4.79 Å². The zero-order valence-corrected chi connectivity index (χ0v) is 12.8. The summed E-state index contributed by atoms with van der Waals surface area (Å²) >= 11 is 0. The monoisotopic (exact) mass is 254 g/mol. The number of piperidine rings is 1. The van der Waals surface area contributed by atoms with E-state index in [2.05, 4.69) is 25.7 Å². The summed E-state index contributed by atoms with van der Waals surface area (Å²) in [7, 11) is 1.94. The van der Waals surface area contributed by atoms with Crippen molar-refractivity contribution in [3.8, 4) is 0 Å². The SMILES string of the molecule is CCC(=O)N(C)CC1CCN(CC(C)(C)C)CC1. The van der Waals surface area contributed by atoms with Gasteiger partial charge in [0.25, 0.3) is 0 Å². The van der Waals surface area contributed by atoms with Gasteiger partial charge >= 0.3 is 0 Å². The van der Waals surface area contributed by atoms with Crippen molar-refractivity contribution in [3.05, 3.63) is 0 Å². The lowest BCUT2D eigenvalue weighted by Gasteiger charge is -2.37. The number of carbonyl (C=O) groups is 1. The third kappa shape index (κ3) is 5.38. The Hall–Kier alpha value is -0.570. The molecule has 0 spiro atoms. The van der Waals surface area contributed by atoms with Crippen molar-refractivity contribution in [2.45, 2.75) is 47.0 Å². The average Bonchev–Trinajstić information content (AvgIpc) is 2.28. The van der Waals surface area contributed by atoms with E-state index in [1.807, 2.05) is 18.9 Å². The van der Waals surface area contributed by atoms with E-state index >= 15 is 0 Å². The normalized spacial score (nSPS) is 18.9. The van der Waals surface area contributed by atoms with Crippen molar-refractivity contribution in [2.75, 3.05) is 33.2 Å². The van der Waals surface area contributed by atoms with Gasteiger partial charge < -0.3 is 9.80 Å². The standard InChI is InChI=1S/C15H30N2O/c1-6-14(18)16(5)11-13-7-9-17(10-8-13)12-15(2,3)4/h13H,6-12H2,1-5H3. The average molecular weight is 254 g/mol. The Kier molecular flexibility index (Phi) is 5.64. The van der Waals surface area contributed by atoms with E-state index < -0.39 is 0 Å². The van der Waals surface area contributed by atoms with Crippen LogP contribution in [-0.4, -0.2) is 48.9 Å². The summed E-state index contributed by atoms with van der Waals surface area (Å²) in [5.41, 5.74) is 0.391. The third-order valence-corrected chi connectivity index (χ3v) is 3.67. The van der Waals surface area contributed by atoms with Gasteiger partial charge in [-0.05, 0) is 37.3 Å². The third-order valence-electron chi connectivity index (χ3n) is 3.67. The molecule has 1 aliphatic heterocycles. The van der Waals surface area contributed by atoms with Crippen molar-refractivity contribution in [1.29, 1.82) is 0 Å². The van der Waals surface area contributed by atoms with Gasteiger partial charge in [-0.25, -0.2) is 0 Å². The molecule has 0 aromatic rings. The second kappa shape index (κ2) is 6.55. The summed E-state index contributed by atoms with van der Waals surface area (Å²) in [4.78, 5) is 16.0. The maximum Gasteiger partial charge on any atom is 0.222 e. The van der Waals surface area contributed by atoms with Gasteiger partial charge in [0.15, 0.2) is 0 Å². The van der Waals surface area contributed by atoms with Crippen molar-refractivity contribution in [2.24, 2.45) is 11.3 Å². The van der Waals surface area contributed by atoms with Crippen LogP contribution in [0.15, 0.2) is 0 Å². The molecule has 0 atom stereocenters. The van der Waals surface area contributed by atoms with Crippen LogP contribution in [0.4, 0.5) is 0 Å². The molecule has 3 heteroatoms. The van der Waals surface area contributed by atoms with Crippen molar-refractivity contribution >= 4 is 5.91 Å². The summed E-state index contributed by atoms with van der Waals surface area (Å²) in [5, 5.41) is 0. The van der Waals surface area contributed by atoms with Crippen LogP contribution >= 0.6 is 0 Å². The van der Waals surface area contributed by atoms with Crippen LogP contribution in [0.1, 0.15) is 47.0 Å². The van der Waals surface area contributed by atoms with Crippen LogP contribution in [0.2, 0.25) is 0 Å². The van der Waals surface area contributed by atoms with Crippen LogP contribution in [0.5, 0.6) is 0 Å². The van der Waals surface area contributed by atoms with Gasteiger partial charge in [0.2, 0.25) is 5.91 Å². The van der Waals surface area contributed by atoms with E-state index in [0.717, 1.165) is 6.54 Å². The topological polar surface area (TPSA) is 23.6 Å². The predicted molar refractivity (Wildman–Crippen MR) is 76.5 cm³/mol. The first-order chi connectivity index (χ1) is 8.31. The second-order valence-electron chi connectivity index (χ2n) is 6.91. The first-order valence-electron chi connectivity index (χ1n) is 7.28. The molecule has 0 unspecified atom stereocenters. The van der Waals surface area contributed by atoms with Gasteiger partial charge in [-0.2, -0.15) is 0 Å². The fourth-order valence-electron chi connectivity index (χ4n) is 2.76. The van der Waals surface area contributed by atoms with Gasteiger partial charge in [0.05, 0.1) is 0 Å². The first kappa shape index (κ1) is 15.5. The molecule has 1 amide bonds. The maximum atomic E-state index is 11.6. The first-order valence-corrected chi connectivity index (χ1v) is 7.28. The van der Waals surface area contributed by atoms with Crippen molar-refractivity contribution in [3.63, 3.8) is 0 Å². The number of carbonyl (C=O) groups excluding carboxylic acids is 1. The number of nitrogens with zero attached hydrogens (tertiary/aromatic N) is 2. The highest BCUT2D eigenvalue weighted by Crippen LogP contribution is 2.22. The lowest BCUT2D eigenvalue weighted by Crippen LogP contribution is -2.42. The highest BCUT2D eigenvalue weighted by Gasteiger charge is 2.24. The van der Waals surface area contributed by atoms with E-state index in [0.29, 0.717) is 17.8 Å². The molecule has 0 radical (unpaired) electrons. The number of amides is 1. The molecule has 0 bridgehead atoms. The van der Waals surface area contributed by atoms with Gasteiger partial charge in [0, 0.05) is 26.6 Å². The second-order valence-corrected chi connectivity index (χ2v) is 6.91. The molecule has 0 saturated carbocycles. The predicted octanol–water partition coefficient (Wildman–Crippen LogP) is 2.61. The van der Waals surface area contributed by atoms with E-state index in [9.17, 15) is 4.79 Å². The molecule has 1 rings (SSSR count). The molecular weight excluding hydrogens is 224 g/mol. The summed E-state index contributed by atoms with van der Waals surface area (Å²) in [6.45, 7) is 13.3. The quantitative estimate of drug-likeness (QED) is 0.770. The number of rotatable bonds is 4. The van der Waals surface area contributed by atoms with Gasteiger partial charge in [-0.3, -0.25) is 4.79 Å². The molecule has 1 fully saturated rings. The van der Waals surface area contributed by atoms with Gasteiger partial charge in [-0.15, -0.1) is 0 Å². The van der Waals surface area contributed by atoms with Crippen LogP contribution in [0, 0.1) is 11.3 Å². The minimum absolute atomic E-state index is 0.270. The number of hydrogen-bond acceptors (Lipinski definition) is 2. The molecule has 0 aromatic heterocycles. The zero-order valence-electron chi connectivity index (χ0n) is 12.8. The van der Waals surface area contributed by atoms with Crippen molar-refractivity contribution < 1.29 is 4.79 Å². The highest BCUT2D eigenvalue weighted by atomic mass is 16.2. The lowest BCUT2D eigenvalue weighted by atomic mass is 9.92. The molecule has 106 valence electrons. The summed E-state index contributed by atoms with van der Waals surface area (Å²) in [6, 6.07) is 0. The number of hydrogen-bond donors (Lipinski definition) is 0. The fourth-order valence-corrected chi connectivity index (χ4v) is 2.76. The Morgan fingerprint density at radius 2 is 1.83 bits per heavy atom. The van der Waals surface area contributed by atoms with Crippen LogP contribution in [0.3, 0.4) is 0 Å².